The van der Waals surface area contributed by atoms with Crippen LogP contribution in [0, 0.1) is 13.8 Å². The molecule has 1 atom stereocenters. The second-order valence-electron chi connectivity index (χ2n) is 9.24. The van der Waals surface area contributed by atoms with Crippen molar-refractivity contribution in [1.82, 2.24) is 24.3 Å². The van der Waals surface area contributed by atoms with Crippen LogP contribution in [-0.4, -0.2) is 40.8 Å². The third kappa shape index (κ3) is 5.70. The van der Waals surface area contributed by atoms with Gasteiger partial charge in [-0.15, -0.1) is 0 Å². The lowest BCUT2D eigenvalue weighted by atomic mass is 9.95. The smallest absolute Gasteiger partial charge is 0.277 e. The number of imidazole rings is 1. The zero-order valence-corrected chi connectivity index (χ0v) is 22.2. The summed E-state index contributed by atoms with van der Waals surface area (Å²) in [6.07, 6.45) is 2.39. The highest BCUT2D eigenvalue weighted by Crippen LogP contribution is 2.24. The van der Waals surface area contributed by atoms with E-state index in [4.69, 9.17) is 0 Å². The van der Waals surface area contributed by atoms with E-state index < -0.39 is 15.9 Å². The number of nitrogens with zero attached hydrogens (tertiary/aromatic N) is 3. The Balaban J connectivity index is 1.68. The number of nitrogens with one attached hydrogen (secondary N) is 2. The summed E-state index contributed by atoms with van der Waals surface area (Å²) in [6.45, 7) is 4.99. The first kappa shape index (κ1) is 26.4. The van der Waals surface area contributed by atoms with Crippen LogP contribution in [0.1, 0.15) is 59.7 Å². The molecule has 37 heavy (non-hydrogen) atoms. The molecule has 0 aliphatic heterocycles. The zero-order chi connectivity index (χ0) is 26.7. The van der Waals surface area contributed by atoms with Crippen LogP contribution in [0.4, 0.5) is 0 Å². The standard InChI is InChI=1S/C27H31N5O4S/c1-17-13-14-21(15-23(17)37(35,36)28-4)16-24-30-27(34)25-18(2)29-26(32(25)31-24)22(19(3)33)12-8-11-20-9-6-5-7-10-20/h5-7,9-10,13-15,22,28H,8,11-12,16H2,1-4H3,(H,30,31,34). The number of aromatic nitrogens is 4. The predicted molar refractivity (Wildman–Crippen MR) is 141 cm³/mol. The topological polar surface area (TPSA) is 126 Å². The van der Waals surface area contributed by atoms with Crippen LogP contribution in [0.5, 0.6) is 0 Å². The number of sulfonamides is 1. The minimum absolute atomic E-state index is 0.0379. The largest absolute Gasteiger partial charge is 0.307 e. The number of aromatic amines is 1. The van der Waals surface area contributed by atoms with Crippen molar-refractivity contribution in [1.29, 1.82) is 0 Å². The van der Waals surface area contributed by atoms with E-state index in [0.29, 0.717) is 40.4 Å². The molecule has 194 valence electrons. The van der Waals surface area contributed by atoms with E-state index in [2.05, 4.69) is 31.9 Å². The Bertz CT molecular complexity index is 1610. The maximum Gasteiger partial charge on any atom is 0.277 e. The van der Waals surface area contributed by atoms with Gasteiger partial charge in [0.05, 0.1) is 16.5 Å². The number of carbonyl (C=O) groups is 1. The van der Waals surface area contributed by atoms with Crippen LogP contribution in [0.25, 0.3) is 5.52 Å². The van der Waals surface area contributed by atoms with E-state index >= 15 is 0 Å². The second-order valence-corrected chi connectivity index (χ2v) is 11.1. The minimum Gasteiger partial charge on any atom is -0.307 e. The molecular weight excluding hydrogens is 490 g/mol. The molecule has 2 aromatic carbocycles. The fourth-order valence-corrected chi connectivity index (χ4v) is 5.58. The number of carbonyl (C=O) groups excluding carboxylic acids is 1. The molecule has 0 fully saturated rings. The van der Waals surface area contributed by atoms with Gasteiger partial charge in [-0.1, -0.05) is 42.5 Å². The van der Waals surface area contributed by atoms with E-state index in [1.54, 1.807) is 32.0 Å². The average Bonchev–Trinajstić information content (AvgIpc) is 3.19. The van der Waals surface area contributed by atoms with Gasteiger partial charge in [-0.25, -0.2) is 22.6 Å². The van der Waals surface area contributed by atoms with Crippen LogP contribution in [0.3, 0.4) is 0 Å². The van der Waals surface area contributed by atoms with Crippen LogP contribution in [0.2, 0.25) is 0 Å². The first-order chi connectivity index (χ1) is 17.6. The summed E-state index contributed by atoms with van der Waals surface area (Å²) in [5.74, 6) is 0.255. The predicted octanol–water partition coefficient (Wildman–Crippen LogP) is 3.23. The molecular formula is C27H31N5O4S. The third-order valence-corrected chi connectivity index (χ3v) is 8.09. The number of benzene rings is 2. The summed E-state index contributed by atoms with van der Waals surface area (Å²) in [6, 6.07) is 15.2. The van der Waals surface area contributed by atoms with Crippen molar-refractivity contribution >= 4 is 21.3 Å². The van der Waals surface area contributed by atoms with E-state index in [9.17, 15) is 18.0 Å². The van der Waals surface area contributed by atoms with Crippen molar-refractivity contribution in [2.45, 2.75) is 57.3 Å². The molecule has 4 rings (SSSR count). The quantitative estimate of drug-likeness (QED) is 0.330. The van der Waals surface area contributed by atoms with Gasteiger partial charge in [-0.2, -0.15) is 5.10 Å². The molecule has 0 saturated heterocycles. The summed E-state index contributed by atoms with van der Waals surface area (Å²) in [5.41, 5.74) is 2.93. The van der Waals surface area contributed by atoms with Crippen LogP contribution >= 0.6 is 0 Å². The number of Topliss-reactive ketones (excluding diaryl/α,β-unsaturated/α-hetero) is 1. The Morgan fingerprint density at radius 3 is 2.51 bits per heavy atom. The average molecular weight is 522 g/mol. The van der Waals surface area contributed by atoms with E-state index in [0.717, 1.165) is 12.8 Å². The molecule has 0 aliphatic carbocycles. The van der Waals surface area contributed by atoms with Crippen molar-refractivity contribution in [3.8, 4) is 0 Å². The van der Waals surface area contributed by atoms with Crippen LogP contribution < -0.4 is 10.3 Å². The summed E-state index contributed by atoms with van der Waals surface area (Å²) < 4.78 is 28.6. The Morgan fingerprint density at radius 2 is 1.84 bits per heavy atom. The number of aryl methyl sites for hydroxylation is 3. The minimum atomic E-state index is -3.63. The fraction of sp³-hybridized carbons (Fsp3) is 0.333. The molecule has 4 aromatic rings. The Hall–Kier alpha value is -3.63. The first-order valence-electron chi connectivity index (χ1n) is 12.2. The molecule has 2 N–H and O–H groups in total. The van der Waals surface area contributed by atoms with Gasteiger partial charge in [-0.3, -0.25) is 9.59 Å². The number of hydrogen-bond donors (Lipinski definition) is 2. The van der Waals surface area contributed by atoms with Gasteiger partial charge in [0.25, 0.3) is 5.56 Å². The lowest BCUT2D eigenvalue weighted by molar-refractivity contribution is -0.118. The summed E-state index contributed by atoms with van der Waals surface area (Å²) in [7, 11) is -2.27. The van der Waals surface area contributed by atoms with E-state index in [-0.39, 0.29) is 22.7 Å². The summed E-state index contributed by atoms with van der Waals surface area (Å²) >= 11 is 0. The summed E-state index contributed by atoms with van der Waals surface area (Å²) in [5, 5.41) is 4.64. The van der Waals surface area contributed by atoms with Crippen LogP contribution in [0.15, 0.2) is 58.2 Å². The van der Waals surface area contributed by atoms with Gasteiger partial charge in [0.15, 0.2) is 5.52 Å². The van der Waals surface area contributed by atoms with Gasteiger partial charge in [0, 0.05) is 6.42 Å². The van der Waals surface area contributed by atoms with Gasteiger partial charge in [0.2, 0.25) is 10.0 Å². The van der Waals surface area contributed by atoms with Gasteiger partial charge in [-0.05, 0) is 69.8 Å². The monoisotopic (exact) mass is 521 g/mol. The molecule has 2 aromatic heterocycles. The normalized spacial score (nSPS) is 12.6. The van der Waals surface area contributed by atoms with Gasteiger partial charge < -0.3 is 4.98 Å². The lowest BCUT2D eigenvalue weighted by Gasteiger charge is -2.13. The molecule has 0 amide bonds. The van der Waals surface area contributed by atoms with Gasteiger partial charge >= 0.3 is 0 Å². The second kappa shape index (κ2) is 10.8. The molecule has 0 spiro atoms. The van der Waals surface area contributed by atoms with Crippen molar-refractivity contribution in [2.24, 2.45) is 0 Å². The highest BCUT2D eigenvalue weighted by atomic mass is 32.2. The fourth-order valence-electron chi connectivity index (χ4n) is 4.56. The highest BCUT2D eigenvalue weighted by molar-refractivity contribution is 7.89. The molecule has 1 unspecified atom stereocenters. The molecule has 0 saturated carbocycles. The molecule has 0 aliphatic rings. The molecule has 9 nitrogen and oxygen atoms in total. The van der Waals surface area contributed by atoms with Crippen molar-refractivity contribution in [2.75, 3.05) is 7.05 Å². The van der Waals surface area contributed by atoms with E-state index in [1.165, 1.54) is 24.1 Å². The molecule has 2 heterocycles. The Kier molecular flexibility index (Phi) is 7.70. The third-order valence-electron chi connectivity index (χ3n) is 6.53. The van der Waals surface area contributed by atoms with Crippen LogP contribution in [-0.2, 0) is 27.7 Å². The maximum atomic E-state index is 13.0. The number of fused-ring (bicyclic) bond motifs is 1. The number of hydrogen-bond acceptors (Lipinski definition) is 6. The SMILES string of the molecule is CNS(=O)(=O)c1cc(Cc2nn3c(C(CCCc4ccccc4)C(C)=O)nc(C)c3c(=O)[nH]2)ccc1C. The van der Waals surface area contributed by atoms with Crippen molar-refractivity contribution in [3.05, 3.63) is 92.9 Å². The number of rotatable bonds is 10. The Morgan fingerprint density at radius 1 is 1.11 bits per heavy atom. The molecule has 0 bridgehead atoms. The van der Waals surface area contributed by atoms with E-state index in [1.807, 2.05) is 18.2 Å². The first-order valence-corrected chi connectivity index (χ1v) is 13.6. The summed E-state index contributed by atoms with van der Waals surface area (Å²) in [4.78, 5) is 33.2. The van der Waals surface area contributed by atoms with Gasteiger partial charge in [0.1, 0.15) is 17.4 Å². The zero-order valence-electron chi connectivity index (χ0n) is 21.4. The molecule has 0 radical (unpaired) electrons. The lowest BCUT2D eigenvalue weighted by Crippen LogP contribution is -2.21. The molecule has 10 heteroatoms. The van der Waals surface area contributed by atoms with Crippen molar-refractivity contribution < 1.29 is 13.2 Å². The number of ketones is 1. The number of H-pyrrole nitrogens is 1. The van der Waals surface area contributed by atoms with Crippen molar-refractivity contribution in [3.63, 3.8) is 0 Å². The Labute approximate surface area is 216 Å². The highest BCUT2D eigenvalue weighted by Gasteiger charge is 2.25. The maximum absolute atomic E-state index is 13.0.